The van der Waals surface area contributed by atoms with E-state index in [1.54, 1.807) is 18.2 Å². The first-order valence-corrected chi connectivity index (χ1v) is 7.57. The van der Waals surface area contributed by atoms with Crippen LogP contribution in [0, 0.1) is 13.8 Å². The lowest BCUT2D eigenvalue weighted by atomic mass is 10.1. The van der Waals surface area contributed by atoms with E-state index < -0.39 is 10.1 Å². The number of nitrogen functional groups attached to an aromatic ring is 1. The Bertz CT molecular complexity index is 814. The smallest absolute Gasteiger partial charge is 0.294 e. The molecule has 7 heteroatoms. The van der Waals surface area contributed by atoms with Crippen molar-refractivity contribution >= 4 is 27.2 Å². The second kappa shape index (κ2) is 5.63. The molecule has 0 aliphatic rings. The molecule has 3 N–H and O–H groups in total. The summed E-state index contributed by atoms with van der Waals surface area (Å²) in [5.41, 5.74) is 9.22. The summed E-state index contributed by atoms with van der Waals surface area (Å²) in [5.74, 6) is 0. The Morgan fingerprint density at radius 1 is 1.05 bits per heavy atom. The monoisotopic (exact) mass is 305 g/mol. The molecule has 0 aliphatic carbocycles. The highest BCUT2D eigenvalue weighted by Gasteiger charge is 2.09. The maximum absolute atomic E-state index is 11.1. The molecule has 0 spiro atoms. The molecule has 0 amide bonds. The van der Waals surface area contributed by atoms with Gasteiger partial charge in [0.15, 0.2) is 0 Å². The van der Waals surface area contributed by atoms with Crippen LogP contribution < -0.4 is 5.73 Å². The van der Waals surface area contributed by atoms with E-state index in [9.17, 15) is 8.42 Å². The summed E-state index contributed by atoms with van der Waals surface area (Å²) < 4.78 is 31.1. The van der Waals surface area contributed by atoms with E-state index in [4.69, 9.17) is 10.3 Å². The molecule has 0 bridgehead atoms. The predicted octanol–water partition coefficient (Wildman–Crippen LogP) is 3.55. The number of benzene rings is 2. The zero-order valence-electron chi connectivity index (χ0n) is 11.6. The number of nitrogens with zero attached hydrogens (tertiary/aromatic N) is 2. The number of hydrogen-bond acceptors (Lipinski definition) is 5. The molecule has 0 saturated heterocycles. The zero-order valence-corrected chi connectivity index (χ0v) is 12.4. The van der Waals surface area contributed by atoms with Crippen molar-refractivity contribution in [3.8, 4) is 0 Å². The molecule has 0 atom stereocenters. The highest BCUT2D eigenvalue weighted by atomic mass is 32.2. The number of nitrogens with two attached hydrogens (primary N) is 1. The number of anilines is 1. The first-order chi connectivity index (χ1) is 9.77. The molecular weight excluding hydrogens is 290 g/mol. The molecule has 2 rings (SSSR count). The normalized spacial score (nSPS) is 12.0. The van der Waals surface area contributed by atoms with Crippen molar-refractivity contribution in [2.75, 3.05) is 5.73 Å². The van der Waals surface area contributed by atoms with Gasteiger partial charge in [0, 0.05) is 5.69 Å². The maximum atomic E-state index is 11.1. The number of hydrogen-bond donors (Lipinski definition) is 2. The van der Waals surface area contributed by atoms with E-state index in [0.717, 1.165) is 11.1 Å². The molecule has 0 aromatic heterocycles. The Kier molecular flexibility index (Phi) is 4.06. The fraction of sp³-hybridized carbons (Fsp3) is 0.143. The van der Waals surface area contributed by atoms with Crippen molar-refractivity contribution in [3.63, 3.8) is 0 Å². The van der Waals surface area contributed by atoms with Crippen molar-refractivity contribution in [1.82, 2.24) is 0 Å². The Morgan fingerprint density at radius 2 is 1.76 bits per heavy atom. The van der Waals surface area contributed by atoms with Crippen molar-refractivity contribution in [1.29, 1.82) is 0 Å². The van der Waals surface area contributed by atoms with Crippen LogP contribution in [-0.4, -0.2) is 13.0 Å². The molecule has 21 heavy (non-hydrogen) atoms. The molecule has 110 valence electrons. The summed E-state index contributed by atoms with van der Waals surface area (Å²) in [5, 5.41) is 8.09. The SMILES string of the molecule is Cc1cc(N=Nc2cccc(S(=O)(=O)O)c2)c(C)cc1N. The first kappa shape index (κ1) is 15.1. The summed E-state index contributed by atoms with van der Waals surface area (Å²) in [4.78, 5) is -0.218. The quantitative estimate of drug-likeness (QED) is 0.514. The minimum atomic E-state index is -4.25. The van der Waals surface area contributed by atoms with E-state index in [0.29, 0.717) is 17.1 Å². The molecule has 0 saturated carbocycles. The van der Waals surface area contributed by atoms with Gasteiger partial charge in [0.2, 0.25) is 0 Å². The van der Waals surface area contributed by atoms with Crippen LogP contribution in [-0.2, 0) is 10.1 Å². The second-order valence-electron chi connectivity index (χ2n) is 4.67. The fourth-order valence-electron chi connectivity index (χ4n) is 1.75. The van der Waals surface area contributed by atoms with Gasteiger partial charge in [-0.2, -0.15) is 18.6 Å². The molecule has 0 unspecified atom stereocenters. The zero-order chi connectivity index (χ0) is 15.6. The van der Waals surface area contributed by atoms with Crippen molar-refractivity contribution in [3.05, 3.63) is 47.5 Å². The second-order valence-corrected chi connectivity index (χ2v) is 6.09. The average molecular weight is 305 g/mol. The number of aryl methyl sites for hydroxylation is 2. The van der Waals surface area contributed by atoms with Gasteiger partial charge in [-0.05, 0) is 55.3 Å². The lowest BCUT2D eigenvalue weighted by molar-refractivity contribution is 0.483. The largest absolute Gasteiger partial charge is 0.399 e. The summed E-state index contributed by atoms with van der Waals surface area (Å²) >= 11 is 0. The van der Waals surface area contributed by atoms with Crippen LogP contribution in [0.25, 0.3) is 0 Å². The van der Waals surface area contributed by atoms with Gasteiger partial charge in [0.25, 0.3) is 10.1 Å². The Morgan fingerprint density at radius 3 is 2.43 bits per heavy atom. The number of azo groups is 1. The molecule has 2 aromatic rings. The minimum Gasteiger partial charge on any atom is -0.399 e. The van der Waals surface area contributed by atoms with Crippen LogP contribution in [0.3, 0.4) is 0 Å². The molecule has 0 aliphatic heterocycles. The van der Waals surface area contributed by atoms with Crippen LogP contribution in [0.5, 0.6) is 0 Å². The van der Waals surface area contributed by atoms with Gasteiger partial charge in [-0.15, -0.1) is 0 Å². The fourth-order valence-corrected chi connectivity index (χ4v) is 2.27. The van der Waals surface area contributed by atoms with Gasteiger partial charge in [-0.25, -0.2) is 0 Å². The third-order valence-corrected chi connectivity index (χ3v) is 3.82. The third-order valence-electron chi connectivity index (χ3n) is 2.97. The molecule has 0 radical (unpaired) electrons. The van der Waals surface area contributed by atoms with E-state index in [1.165, 1.54) is 18.2 Å². The summed E-state index contributed by atoms with van der Waals surface area (Å²) in [6.45, 7) is 3.73. The molecule has 0 fully saturated rings. The Labute approximate surface area is 123 Å². The predicted molar refractivity (Wildman–Crippen MR) is 80.8 cm³/mol. The van der Waals surface area contributed by atoms with E-state index in [-0.39, 0.29) is 4.90 Å². The molecular formula is C14H15N3O3S. The van der Waals surface area contributed by atoms with Crippen molar-refractivity contribution in [2.24, 2.45) is 10.2 Å². The van der Waals surface area contributed by atoms with E-state index >= 15 is 0 Å². The van der Waals surface area contributed by atoms with Crippen LogP contribution in [0.1, 0.15) is 11.1 Å². The van der Waals surface area contributed by atoms with Gasteiger partial charge >= 0.3 is 0 Å². The highest BCUT2D eigenvalue weighted by molar-refractivity contribution is 7.85. The van der Waals surface area contributed by atoms with Crippen LogP contribution in [0.15, 0.2) is 51.5 Å². The molecule has 6 nitrogen and oxygen atoms in total. The van der Waals surface area contributed by atoms with E-state index in [1.807, 2.05) is 13.8 Å². The van der Waals surface area contributed by atoms with Gasteiger partial charge in [-0.1, -0.05) is 6.07 Å². The maximum Gasteiger partial charge on any atom is 0.294 e. The van der Waals surface area contributed by atoms with Gasteiger partial charge in [-0.3, -0.25) is 4.55 Å². The van der Waals surface area contributed by atoms with Crippen LogP contribution >= 0.6 is 0 Å². The minimum absolute atomic E-state index is 0.218. The summed E-state index contributed by atoms with van der Waals surface area (Å²) in [7, 11) is -4.25. The van der Waals surface area contributed by atoms with Crippen molar-refractivity contribution < 1.29 is 13.0 Å². The van der Waals surface area contributed by atoms with Gasteiger partial charge < -0.3 is 5.73 Å². The Hall–Kier alpha value is -2.25. The summed E-state index contributed by atoms with van der Waals surface area (Å²) in [6, 6.07) is 9.22. The third kappa shape index (κ3) is 3.65. The lowest BCUT2D eigenvalue weighted by Gasteiger charge is -2.04. The first-order valence-electron chi connectivity index (χ1n) is 6.13. The number of rotatable bonds is 3. The molecule has 2 aromatic carbocycles. The Balaban J connectivity index is 2.36. The standard InChI is InChI=1S/C14H15N3O3S/c1-9-7-14(10(2)6-13(9)15)17-16-11-4-3-5-12(8-11)21(18,19)20/h3-8H,15H2,1-2H3,(H,18,19,20). The highest BCUT2D eigenvalue weighted by Crippen LogP contribution is 2.27. The topological polar surface area (TPSA) is 105 Å². The van der Waals surface area contributed by atoms with Crippen LogP contribution in [0.4, 0.5) is 17.1 Å². The average Bonchev–Trinajstić information content (AvgIpc) is 2.41. The van der Waals surface area contributed by atoms with E-state index in [2.05, 4.69) is 10.2 Å². The van der Waals surface area contributed by atoms with Crippen molar-refractivity contribution in [2.45, 2.75) is 18.7 Å². The van der Waals surface area contributed by atoms with Gasteiger partial charge in [0.1, 0.15) is 0 Å². The molecule has 0 heterocycles. The van der Waals surface area contributed by atoms with Crippen LogP contribution in [0.2, 0.25) is 0 Å². The summed E-state index contributed by atoms with van der Waals surface area (Å²) in [6.07, 6.45) is 0. The lowest BCUT2D eigenvalue weighted by Crippen LogP contribution is -1.96. The van der Waals surface area contributed by atoms with Gasteiger partial charge in [0.05, 0.1) is 16.3 Å².